The third kappa shape index (κ3) is 4.38. The summed E-state index contributed by atoms with van der Waals surface area (Å²) in [5, 5.41) is 10.1. The van der Waals surface area contributed by atoms with Crippen molar-refractivity contribution in [3.8, 4) is 0 Å². The van der Waals surface area contributed by atoms with Crippen LogP contribution in [0.1, 0.15) is 46.4 Å². The van der Waals surface area contributed by atoms with Crippen molar-refractivity contribution in [2.45, 2.75) is 64.0 Å². The Morgan fingerprint density at radius 3 is 2.53 bits per heavy atom. The number of hydrogen-bond donors (Lipinski definition) is 1. The Balaban J connectivity index is 1.83. The summed E-state index contributed by atoms with van der Waals surface area (Å²) in [4.78, 5) is 19.1. The molecule has 1 aromatic heterocycles. The lowest BCUT2D eigenvalue weighted by Crippen LogP contribution is -2.34. The number of likely N-dealkylation sites (tertiary alicyclic amines) is 1. The normalized spacial score (nSPS) is 19.9. The largest absolute Gasteiger partial charge is 0.388 e. The monoisotopic (exact) mass is 436 g/mol. The second-order valence-corrected chi connectivity index (χ2v) is 10.0. The molecule has 30 heavy (non-hydrogen) atoms. The zero-order chi connectivity index (χ0) is 22.1. The van der Waals surface area contributed by atoms with Crippen molar-refractivity contribution >= 4 is 27.0 Å². The van der Waals surface area contributed by atoms with Crippen LogP contribution in [0.5, 0.6) is 0 Å². The maximum atomic E-state index is 12.8. The van der Waals surface area contributed by atoms with E-state index in [-0.39, 0.29) is 10.8 Å². The van der Waals surface area contributed by atoms with Crippen molar-refractivity contribution in [2.75, 3.05) is 26.2 Å². The summed E-state index contributed by atoms with van der Waals surface area (Å²) in [6, 6.07) is 5.05. The molecular formula is C21H32N4O4S. The Kier molecular flexibility index (Phi) is 6.54. The molecule has 1 saturated heterocycles. The fraction of sp³-hybridized carbons (Fsp3) is 0.619. The van der Waals surface area contributed by atoms with E-state index in [1.54, 1.807) is 30.0 Å². The van der Waals surface area contributed by atoms with Gasteiger partial charge in [0.1, 0.15) is 5.82 Å². The molecule has 8 nitrogen and oxygen atoms in total. The van der Waals surface area contributed by atoms with Crippen molar-refractivity contribution in [3.63, 3.8) is 0 Å². The third-order valence-electron chi connectivity index (χ3n) is 5.83. The van der Waals surface area contributed by atoms with Gasteiger partial charge in [-0.2, -0.15) is 4.31 Å². The van der Waals surface area contributed by atoms with E-state index in [1.807, 2.05) is 25.3 Å². The fourth-order valence-electron chi connectivity index (χ4n) is 4.11. The highest BCUT2D eigenvalue weighted by molar-refractivity contribution is 7.89. The molecule has 0 unspecified atom stereocenters. The van der Waals surface area contributed by atoms with Gasteiger partial charge in [-0.1, -0.05) is 13.8 Å². The minimum atomic E-state index is -3.55. The molecule has 2 heterocycles. The summed E-state index contributed by atoms with van der Waals surface area (Å²) in [5.74, 6) is 0.775. The number of imidazole rings is 1. The second-order valence-electron chi connectivity index (χ2n) is 8.07. The zero-order valence-corrected chi connectivity index (χ0v) is 19.1. The molecule has 1 atom stereocenters. The Bertz CT molecular complexity index is 1030. The first-order valence-corrected chi connectivity index (χ1v) is 12.1. The maximum absolute atomic E-state index is 12.8. The van der Waals surface area contributed by atoms with Gasteiger partial charge < -0.3 is 14.6 Å². The number of fused-ring (bicyclic) bond motifs is 1. The van der Waals surface area contributed by atoms with E-state index >= 15 is 0 Å². The van der Waals surface area contributed by atoms with Crippen molar-refractivity contribution in [2.24, 2.45) is 0 Å². The molecule has 0 spiro atoms. The van der Waals surface area contributed by atoms with E-state index in [0.29, 0.717) is 57.5 Å². The van der Waals surface area contributed by atoms with Crippen molar-refractivity contribution in [3.05, 3.63) is 24.0 Å². The van der Waals surface area contributed by atoms with E-state index in [2.05, 4.69) is 4.98 Å². The number of benzene rings is 1. The number of rotatable bonds is 8. The molecule has 0 aliphatic carbocycles. The van der Waals surface area contributed by atoms with Gasteiger partial charge in [-0.25, -0.2) is 13.4 Å². The number of aromatic nitrogens is 2. The topological polar surface area (TPSA) is 95.7 Å². The van der Waals surface area contributed by atoms with Crippen LogP contribution in [-0.2, 0) is 27.8 Å². The van der Waals surface area contributed by atoms with Crippen LogP contribution < -0.4 is 0 Å². The SMILES string of the molecule is CCN(CC)S(=O)(=O)c1ccc2c(c1)nc(CCC(=O)N1CC[C@](C)(O)C1)n2CC. The number of nitrogens with zero attached hydrogens (tertiary/aromatic N) is 4. The Labute approximate surface area is 178 Å². The fourth-order valence-corrected chi connectivity index (χ4v) is 5.59. The van der Waals surface area contributed by atoms with Crippen molar-refractivity contribution in [1.29, 1.82) is 0 Å². The molecule has 1 aliphatic rings. The molecule has 1 aliphatic heterocycles. The number of aryl methyl sites for hydroxylation is 2. The average Bonchev–Trinajstić information content (AvgIpc) is 3.25. The maximum Gasteiger partial charge on any atom is 0.243 e. The van der Waals surface area contributed by atoms with Crippen LogP contribution in [0.15, 0.2) is 23.1 Å². The summed E-state index contributed by atoms with van der Waals surface area (Å²) in [5.41, 5.74) is 0.679. The zero-order valence-electron chi connectivity index (χ0n) is 18.3. The first-order chi connectivity index (χ1) is 14.1. The minimum Gasteiger partial charge on any atom is -0.388 e. The number of sulfonamides is 1. The van der Waals surface area contributed by atoms with Gasteiger partial charge in [0, 0.05) is 45.6 Å². The molecule has 1 amide bonds. The summed E-state index contributed by atoms with van der Waals surface area (Å²) in [6.07, 6.45) is 1.37. The Morgan fingerprint density at radius 1 is 1.27 bits per heavy atom. The van der Waals surface area contributed by atoms with E-state index in [1.165, 1.54) is 4.31 Å². The number of carbonyl (C=O) groups excluding carboxylic acids is 1. The smallest absolute Gasteiger partial charge is 0.243 e. The molecular weight excluding hydrogens is 404 g/mol. The highest BCUT2D eigenvalue weighted by Gasteiger charge is 2.33. The number of aliphatic hydroxyl groups is 1. The van der Waals surface area contributed by atoms with Crippen molar-refractivity contribution in [1.82, 2.24) is 18.8 Å². The first-order valence-electron chi connectivity index (χ1n) is 10.6. The molecule has 0 saturated carbocycles. The Morgan fingerprint density at radius 2 is 1.97 bits per heavy atom. The number of β-amino-alcohol motifs (C(OH)–C–C–N with tert-alkyl or cyclic N) is 1. The van der Waals surface area contributed by atoms with Gasteiger partial charge in [0.05, 0.1) is 21.5 Å². The van der Waals surface area contributed by atoms with Gasteiger partial charge >= 0.3 is 0 Å². The van der Waals surface area contributed by atoms with Crippen molar-refractivity contribution < 1.29 is 18.3 Å². The van der Waals surface area contributed by atoms with Gasteiger partial charge in [-0.05, 0) is 38.5 Å². The van der Waals surface area contributed by atoms with Gasteiger partial charge in [-0.3, -0.25) is 4.79 Å². The van der Waals surface area contributed by atoms with E-state index in [0.717, 1.165) is 11.3 Å². The molecule has 9 heteroatoms. The Hall–Kier alpha value is -1.97. The standard InChI is InChI=1S/C21H32N4O4S/c1-5-24(6-2)30(28,29)16-8-9-18-17(14-16)22-19(25(18)7-3)10-11-20(26)23-13-12-21(4,27)15-23/h8-9,14,27H,5-7,10-13,15H2,1-4H3/t21-/m0/s1. The summed E-state index contributed by atoms with van der Waals surface area (Å²) < 4.78 is 29.1. The quantitative estimate of drug-likeness (QED) is 0.683. The van der Waals surface area contributed by atoms with Crippen LogP contribution in [-0.4, -0.2) is 70.0 Å². The highest BCUT2D eigenvalue weighted by atomic mass is 32.2. The number of hydrogen-bond acceptors (Lipinski definition) is 5. The number of carbonyl (C=O) groups is 1. The molecule has 2 aromatic rings. The highest BCUT2D eigenvalue weighted by Crippen LogP contribution is 2.25. The predicted octanol–water partition coefficient (Wildman–Crippen LogP) is 2.00. The summed E-state index contributed by atoms with van der Waals surface area (Å²) >= 11 is 0. The molecule has 1 N–H and O–H groups in total. The lowest BCUT2D eigenvalue weighted by atomic mass is 10.1. The molecule has 1 aromatic carbocycles. The van der Waals surface area contributed by atoms with Gasteiger partial charge in [0.2, 0.25) is 15.9 Å². The van der Waals surface area contributed by atoms with Gasteiger partial charge in [-0.15, -0.1) is 0 Å². The van der Waals surface area contributed by atoms with E-state index in [9.17, 15) is 18.3 Å². The molecule has 3 rings (SSSR count). The molecule has 166 valence electrons. The van der Waals surface area contributed by atoms with Crippen LogP contribution in [0.25, 0.3) is 11.0 Å². The minimum absolute atomic E-state index is 0.00674. The lowest BCUT2D eigenvalue weighted by molar-refractivity contribution is -0.131. The first kappa shape index (κ1) is 22.7. The molecule has 1 fully saturated rings. The number of amides is 1. The van der Waals surface area contributed by atoms with Crippen LogP contribution in [0, 0.1) is 0 Å². The van der Waals surface area contributed by atoms with Gasteiger partial charge in [0.25, 0.3) is 0 Å². The van der Waals surface area contributed by atoms with E-state index < -0.39 is 15.6 Å². The lowest BCUT2D eigenvalue weighted by Gasteiger charge is -2.19. The second kappa shape index (κ2) is 8.64. The van der Waals surface area contributed by atoms with Crippen LogP contribution in [0.2, 0.25) is 0 Å². The van der Waals surface area contributed by atoms with E-state index in [4.69, 9.17) is 0 Å². The molecule has 0 radical (unpaired) electrons. The predicted molar refractivity (Wildman–Crippen MR) is 116 cm³/mol. The van der Waals surface area contributed by atoms with Crippen LogP contribution in [0.4, 0.5) is 0 Å². The van der Waals surface area contributed by atoms with Gasteiger partial charge in [0.15, 0.2) is 0 Å². The van der Waals surface area contributed by atoms with Crippen LogP contribution >= 0.6 is 0 Å². The summed E-state index contributed by atoms with van der Waals surface area (Å²) in [7, 11) is -3.55. The third-order valence-corrected chi connectivity index (χ3v) is 7.87. The average molecular weight is 437 g/mol. The molecule has 0 bridgehead atoms. The van der Waals surface area contributed by atoms with Crippen LogP contribution in [0.3, 0.4) is 0 Å². The summed E-state index contributed by atoms with van der Waals surface area (Å²) in [6.45, 7) is 9.84.